The maximum absolute atomic E-state index is 10.7. The molecule has 0 aliphatic rings. The molecule has 0 radical (unpaired) electrons. The Morgan fingerprint density at radius 3 is 1.41 bits per heavy atom. The molecule has 0 spiro atoms. The summed E-state index contributed by atoms with van der Waals surface area (Å²) in [5.74, 6) is -4.34. The molecule has 0 saturated heterocycles. The van der Waals surface area contributed by atoms with Gasteiger partial charge in [0.2, 0.25) is 0 Å². The number of aliphatic carboxylic acids is 2. The van der Waals surface area contributed by atoms with Gasteiger partial charge in [-0.1, -0.05) is 0 Å². The summed E-state index contributed by atoms with van der Waals surface area (Å²) in [4.78, 5) is 41.5. The first-order valence-corrected chi connectivity index (χ1v) is 4.66. The summed E-state index contributed by atoms with van der Waals surface area (Å²) in [7, 11) is 0. The predicted molar refractivity (Wildman–Crippen MR) is 51.0 cm³/mol. The summed E-state index contributed by atoms with van der Waals surface area (Å²) in [5.41, 5.74) is 0. The molecule has 0 rings (SSSR count). The Morgan fingerprint density at radius 2 is 1.12 bits per heavy atom. The number of carboxylic acid groups (broad SMARTS) is 2. The maximum atomic E-state index is 10.7. The minimum Gasteiger partial charge on any atom is -0.481 e. The van der Waals surface area contributed by atoms with Gasteiger partial charge in [0.05, 0.1) is 13.2 Å². The fourth-order valence-corrected chi connectivity index (χ4v) is 0.780. The number of carbonyl (C=O) groups is 4. The van der Waals surface area contributed by atoms with Crippen LogP contribution in [-0.2, 0) is 28.7 Å². The van der Waals surface area contributed by atoms with E-state index in [9.17, 15) is 19.2 Å². The topological polar surface area (TPSA) is 127 Å². The van der Waals surface area contributed by atoms with Crippen LogP contribution in [0.1, 0.15) is 19.3 Å². The van der Waals surface area contributed by atoms with Gasteiger partial charge in [-0.2, -0.15) is 0 Å². The zero-order valence-corrected chi connectivity index (χ0v) is 8.88. The monoisotopic (exact) mass is 248 g/mol. The van der Waals surface area contributed by atoms with E-state index in [0.717, 1.165) is 0 Å². The van der Waals surface area contributed by atoms with Gasteiger partial charge in [0.15, 0.2) is 0 Å². The largest absolute Gasteiger partial charge is 0.481 e. The average Bonchev–Trinajstić information content (AvgIpc) is 2.14. The molecular weight excluding hydrogens is 236 g/mol. The first kappa shape index (κ1) is 14.9. The lowest BCUT2D eigenvalue weighted by Gasteiger charge is -2.04. The lowest BCUT2D eigenvalue weighted by Crippen LogP contribution is -2.14. The number of hydrogen-bond acceptors (Lipinski definition) is 6. The molecule has 0 aliphatic heterocycles. The number of rotatable bonds is 8. The van der Waals surface area contributed by atoms with Crippen LogP contribution in [0, 0.1) is 0 Å². The third kappa shape index (κ3) is 10.2. The lowest BCUT2D eigenvalue weighted by molar-refractivity contribution is -0.151. The van der Waals surface area contributed by atoms with E-state index in [1.165, 1.54) is 0 Å². The average molecular weight is 248 g/mol. The molecule has 0 aromatic rings. The molecule has 0 amide bonds. The second kappa shape index (κ2) is 8.08. The summed E-state index contributed by atoms with van der Waals surface area (Å²) in [5, 5.41) is 16.4. The highest BCUT2D eigenvalue weighted by Gasteiger charge is 2.10. The summed E-state index contributed by atoms with van der Waals surface area (Å²) < 4.78 is 8.98. The molecule has 0 bridgehead atoms. The Kier molecular flexibility index (Phi) is 7.07. The molecule has 96 valence electrons. The Labute approximate surface area is 96.1 Å². The third-order valence-electron chi connectivity index (χ3n) is 1.41. The third-order valence-corrected chi connectivity index (χ3v) is 1.41. The molecule has 2 N–H and O–H groups in total. The quantitative estimate of drug-likeness (QED) is 0.331. The van der Waals surface area contributed by atoms with Crippen molar-refractivity contribution in [1.29, 1.82) is 0 Å². The molecule has 0 fully saturated rings. The van der Waals surface area contributed by atoms with Crippen LogP contribution in [0.25, 0.3) is 0 Å². The highest BCUT2D eigenvalue weighted by molar-refractivity contribution is 5.90. The Balaban J connectivity index is 3.46. The molecule has 0 heterocycles. The second-order valence-corrected chi connectivity index (χ2v) is 2.94. The van der Waals surface area contributed by atoms with Crippen LogP contribution in [0.2, 0.25) is 0 Å². The fraction of sp³-hybridized carbons (Fsp3) is 0.556. The van der Waals surface area contributed by atoms with E-state index in [4.69, 9.17) is 10.2 Å². The van der Waals surface area contributed by atoms with Gasteiger partial charge < -0.3 is 19.7 Å². The van der Waals surface area contributed by atoms with Gasteiger partial charge in [-0.15, -0.1) is 0 Å². The van der Waals surface area contributed by atoms with Crippen molar-refractivity contribution in [3.8, 4) is 0 Å². The van der Waals surface area contributed by atoms with Crippen molar-refractivity contribution in [2.45, 2.75) is 19.3 Å². The van der Waals surface area contributed by atoms with Crippen LogP contribution in [0.3, 0.4) is 0 Å². The Hall–Kier alpha value is -2.12. The van der Waals surface area contributed by atoms with Crippen LogP contribution in [0.5, 0.6) is 0 Å². The van der Waals surface area contributed by atoms with E-state index < -0.39 is 36.7 Å². The maximum Gasteiger partial charge on any atom is 0.317 e. The first-order valence-electron chi connectivity index (χ1n) is 4.66. The van der Waals surface area contributed by atoms with Gasteiger partial charge >= 0.3 is 23.9 Å². The van der Waals surface area contributed by atoms with E-state index >= 15 is 0 Å². The zero-order valence-electron chi connectivity index (χ0n) is 8.88. The van der Waals surface area contributed by atoms with Gasteiger partial charge in [0.25, 0.3) is 0 Å². The summed E-state index contributed by atoms with van der Waals surface area (Å²) in [6, 6.07) is 0. The van der Waals surface area contributed by atoms with Crippen molar-refractivity contribution < 1.29 is 38.9 Å². The van der Waals surface area contributed by atoms with Crippen LogP contribution >= 0.6 is 0 Å². The molecule has 0 aromatic heterocycles. The van der Waals surface area contributed by atoms with E-state index in [1.807, 2.05) is 0 Å². The van der Waals surface area contributed by atoms with Crippen LogP contribution < -0.4 is 0 Å². The summed E-state index contributed by atoms with van der Waals surface area (Å²) in [6.45, 7) is -0.182. The summed E-state index contributed by atoms with van der Waals surface area (Å²) in [6.07, 6.45) is -1.27. The van der Waals surface area contributed by atoms with E-state index in [2.05, 4.69) is 9.47 Å². The molecular formula is C9H12O8. The smallest absolute Gasteiger partial charge is 0.317 e. The molecule has 0 unspecified atom stereocenters. The minimum atomic E-state index is -1.29. The standard InChI is InChI=1S/C9H12O8/c10-6(11)4-8(14)16-2-1-3-17-9(15)5-7(12)13/h1-5H2,(H,10,11)(H,12,13). The normalized spacial score (nSPS) is 9.41. The van der Waals surface area contributed by atoms with Gasteiger partial charge in [-0.05, 0) is 0 Å². The second-order valence-electron chi connectivity index (χ2n) is 2.94. The minimum absolute atomic E-state index is 0.0908. The molecule has 0 aromatic carbocycles. The predicted octanol–water partition coefficient (Wildman–Crippen LogP) is -0.588. The van der Waals surface area contributed by atoms with E-state index in [-0.39, 0.29) is 19.6 Å². The van der Waals surface area contributed by atoms with Crippen molar-refractivity contribution in [1.82, 2.24) is 0 Å². The number of carboxylic acids is 2. The Morgan fingerprint density at radius 1 is 0.765 bits per heavy atom. The van der Waals surface area contributed by atoms with Crippen molar-refractivity contribution >= 4 is 23.9 Å². The van der Waals surface area contributed by atoms with Gasteiger partial charge in [0.1, 0.15) is 12.8 Å². The fourth-order valence-electron chi connectivity index (χ4n) is 0.780. The van der Waals surface area contributed by atoms with Crippen molar-refractivity contribution in [2.75, 3.05) is 13.2 Å². The van der Waals surface area contributed by atoms with Crippen LogP contribution in [-0.4, -0.2) is 47.3 Å². The van der Waals surface area contributed by atoms with Crippen LogP contribution in [0.15, 0.2) is 0 Å². The Bertz CT molecular complexity index is 278. The first-order chi connectivity index (χ1) is 7.91. The van der Waals surface area contributed by atoms with Crippen molar-refractivity contribution in [3.05, 3.63) is 0 Å². The summed E-state index contributed by atoms with van der Waals surface area (Å²) >= 11 is 0. The van der Waals surface area contributed by atoms with Crippen molar-refractivity contribution in [2.24, 2.45) is 0 Å². The highest BCUT2D eigenvalue weighted by atomic mass is 16.5. The number of hydrogen-bond donors (Lipinski definition) is 2. The van der Waals surface area contributed by atoms with E-state index in [1.54, 1.807) is 0 Å². The molecule has 0 saturated carbocycles. The molecule has 0 atom stereocenters. The molecule has 0 aliphatic carbocycles. The SMILES string of the molecule is O=C(O)CC(=O)OCCCOC(=O)CC(=O)O. The van der Waals surface area contributed by atoms with E-state index in [0.29, 0.717) is 0 Å². The van der Waals surface area contributed by atoms with Gasteiger partial charge in [0, 0.05) is 6.42 Å². The molecule has 8 heteroatoms. The molecule has 17 heavy (non-hydrogen) atoms. The highest BCUT2D eigenvalue weighted by Crippen LogP contribution is 1.92. The number of ether oxygens (including phenoxy) is 2. The number of esters is 2. The van der Waals surface area contributed by atoms with Crippen LogP contribution in [0.4, 0.5) is 0 Å². The van der Waals surface area contributed by atoms with Gasteiger partial charge in [-0.3, -0.25) is 19.2 Å². The lowest BCUT2D eigenvalue weighted by atomic mass is 10.4. The zero-order chi connectivity index (χ0) is 13.3. The number of carbonyl (C=O) groups excluding carboxylic acids is 2. The van der Waals surface area contributed by atoms with Crippen molar-refractivity contribution in [3.63, 3.8) is 0 Å². The molecule has 8 nitrogen and oxygen atoms in total. The van der Waals surface area contributed by atoms with Gasteiger partial charge in [-0.25, -0.2) is 0 Å².